The second kappa shape index (κ2) is 6.77. The lowest BCUT2D eigenvalue weighted by molar-refractivity contribution is 0.0695. The van der Waals surface area contributed by atoms with Gasteiger partial charge in [-0.15, -0.1) is 0 Å². The summed E-state index contributed by atoms with van der Waals surface area (Å²) < 4.78 is 17.2. The van der Waals surface area contributed by atoms with Crippen LogP contribution < -0.4 is 10.3 Å². The fourth-order valence-electron chi connectivity index (χ4n) is 6.44. The predicted octanol–water partition coefficient (Wildman–Crippen LogP) is 4.81. The Hall–Kier alpha value is -2.96. The number of carbonyl (C=O) groups is 1. The van der Waals surface area contributed by atoms with Gasteiger partial charge in [0.25, 0.3) is 0 Å². The minimum Gasteiger partial charge on any atom is -0.477 e. The first-order valence-corrected chi connectivity index (χ1v) is 11.2. The monoisotopic (exact) mass is 437 g/mol. The Morgan fingerprint density at radius 2 is 2.03 bits per heavy atom. The number of anilines is 1. The third-order valence-corrected chi connectivity index (χ3v) is 7.28. The molecule has 7 heteroatoms. The number of nitrogens with zero attached hydrogens (tertiary/aromatic N) is 3. The highest BCUT2D eigenvalue weighted by molar-refractivity contribution is 6.07. The Bertz CT molecular complexity index is 1350. The number of carboxylic acid groups (broad SMARTS) is 1. The lowest BCUT2D eigenvalue weighted by atomic mass is 9.65. The van der Waals surface area contributed by atoms with Crippen LogP contribution in [0.2, 0.25) is 0 Å². The molecule has 5 rings (SSSR count). The van der Waals surface area contributed by atoms with E-state index in [0.717, 1.165) is 25.8 Å². The molecular weight excluding hydrogens is 409 g/mol. The predicted molar refractivity (Wildman–Crippen MR) is 123 cm³/mol. The zero-order valence-corrected chi connectivity index (χ0v) is 18.9. The molecule has 1 aliphatic carbocycles. The summed E-state index contributed by atoms with van der Waals surface area (Å²) in [6.45, 7) is 9.97. The van der Waals surface area contributed by atoms with E-state index in [2.05, 4.69) is 30.7 Å². The molecule has 32 heavy (non-hydrogen) atoms. The van der Waals surface area contributed by atoms with Crippen LogP contribution in [-0.4, -0.2) is 33.2 Å². The van der Waals surface area contributed by atoms with E-state index in [1.54, 1.807) is 16.8 Å². The summed E-state index contributed by atoms with van der Waals surface area (Å²) in [4.78, 5) is 31.4. The van der Waals surface area contributed by atoms with Crippen molar-refractivity contribution in [2.45, 2.75) is 59.5 Å². The van der Waals surface area contributed by atoms with Gasteiger partial charge in [-0.1, -0.05) is 20.8 Å². The lowest BCUT2D eigenvalue weighted by Gasteiger charge is -2.39. The summed E-state index contributed by atoms with van der Waals surface area (Å²) in [5.74, 6) is -1.69. The number of carboxylic acids is 1. The summed E-state index contributed by atoms with van der Waals surface area (Å²) in [6, 6.07) is 3.36. The number of aromatic nitrogens is 2. The molecule has 0 radical (unpaired) electrons. The van der Waals surface area contributed by atoms with Gasteiger partial charge in [-0.2, -0.15) is 0 Å². The number of aromatic carboxylic acids is 1. The third-order valence-electron chi connectivity index (χ3n) is 7.28. The zero-order chi connectivity index (χ0) is 23.0. The van der Waals surface area contributed by atoms with Gasteiger partial charge in [-0.25, -0.2) is 9.18 Å². The van der Waals surface area contributed by atoms with Crippen LogP contribution in [0, 0.1) is 16.6 Å². The smallest absolute Gasteiger partial charge is 0.341 e. The standard InChI is InChI=1S/C25H28FN3O3/c1-5-28-11-16(23(31)32)22(30)21-15-6-17(26)19(7-18(15)27-10-20(21)28)29-13-25(4)9-14(29)8-24(2,3)12-25/h6-7,10-11,14H,5,8-9,12-13H2,1-4H3,(H,31,32). The van der Waals surface area contributed by atoms with Crippen LogP contribution in [0.1, 0.15) is 57.3 Å². The van der Waals surface area contributed by atoms with Crippen LogP contribution in [-0.2, 0) is 6.54 Å². The molecule has 0 spiro atoms. The van der Waals surface area contributed by atoms with Crippen LogP contribution in [0.3, 0.4) is 0 Å². The van der Waals surface area contributed by atoms with E-state index in [9.17, 15) is 14.7 Å². The van der Waals surface area contributed by atoms with Gasteiger partial charge >= 0.3 is 5.97 Å². The fraction of sp³-hybridized carbons (Fsp3) is 0.480. The summed E-state index contributed by atoms with van der Waals surface area (Å²) in [6.07, 6.45) is 6.08. The van der Waals surface area contributed by atoms with Gasteiger partial charge in [0.05, 0.1) is 28.3 Å². The number of fused-ring (bicyclic) bond motifs is 5. The first kappa shape index (κ1) is 20.9. The zero-order valence-electron chi connectivity index (χ0n) is 18.9. The van der Waals surface area contributed by atoms with Gasteiger partial charge in [0, 0.05) is 30.7 Å². The molecule has 6 nitrogen and oxygen atoms in total. The van der Waals surface area contributed by atoms with Gasteiger partial charge < -0.3 is 14.6 Å². The van der Waals surface area contributed by atoms with E-state index in [4.69, 9.17) is 0 Å². The van der Waals surface area contributed by atoms with Gasteiger partial charge in [-0.05, 0) is 49.1 Å². The number of hydrogen-bond acceptors (Lipinski definition) is 4. The van der Waals surface area contributed by atoms with Crippen LogP contribution in [0.15, 0.2) is 29.3 Å². The van der Waals surface area contributed by atoms with Crippen LogP contribution in [0.25, 0.3) is 21.8 Å². The molecule has 1 saturated carbocycles. The van der Waals surface area contributed by atoms with Crippen molar-refractivity contribution in [2.75, 3.05) is 11.4 Å². The second-order valence-electron chi connectivity index (χ2n) is 10.6. The molecule has 2 aromatic heterocycles. The fourth-order valence-corrected chi connectivity index (χ4v) is 6.44. The van der Waals surface area contributed by atoms with E-state index >= 15 is 4.39 Å². The Morgan fingerprint density at radius 1 is 1.28 bits per heavy atom. The molecule has 2 fully saturated rings. The normalized spacial score (nSPS) is 24.4. The molecule has 168 valence electrons. The van der Waals surface area contributed by atoms with E-state index in [0.29, 0.717) is 28.7 Å². The molecule has 2 atom stereocenters. The summed E-state index contributed by atoms with van der Waals surface area (Å²) >= 11 is 0. The second-order valence-corrected chi connectivity index (χ2v) is 10.6. The highest BCUT2D eigenvalue weighted by Gasteiger charge is 2.50. The first-order valence-electron chi connectivity index (χ1n) is 11.2. The van der Waals surface area contributed by atoms with Crippen LogP contribution in [0.4, 0.5) is 10.1 Å². The van der Waals surface area contributed by atoms with E-state index in [1.807, 2.05) is 6.92 Å². The largest absolute Gasteiger partial charge is 0.477 e. The van der Waals surface area contributed by atoms with Crippen LogP contribution in [0.5, 0.6) is 0 Å². The highest BCUT2D eigenvalue weighted by atomic mass is 19.1. The maximum Gasteiger partial charge on any atom is 0.341 e. The third kappa shape index (κ3) is 3.09. The number of hydrogen-bond donors (Lipinski definition) is 1. The molecule has 2 unspecified atom stereocenters. The minimum atomic E-state index is -1.29. The Balaban J connectivity index is 1.72. The first-order chi connectivity index (χ1) is 15.0. The quantitative estimate of drug-likeness (QED) is 0.595. The number of aryl methyl sites for hydroxylation is 1. The van der Waals surface area contributed by atoms with Crippen molar-refractivity contribution in [2.24, 2.45) is 10.8 Å². The topological polar surface area (TPSA) is 75.4 Å². The SMILES string of the molecule is CCn1cc(C(=O)O)c(=O)c2c3cc(F)c(N4CC5(C)CC4CC(C)(C)C5)cc3ncc21. The summed E-state index contributed by atoms with van der Waals surface area (Å²) in [7, 11) is 0. The maximum atomic E-state index is 15.6. The average Bonchev–Trinajstić information content (AvgIpc) is 2.95. The minimum absolute atomic E-state index is 0.149. The molecule has 1 aromatic carbocycles. The number of halogens is 1. The summed E-state index contributed by atoms with van der Waals surface area (Å²) in [5, 5.41) is 10.1. The van der Waals surface area contributed by atoms with E-state index in [-0.39, 0.29) is 27.8 Å². The van der Waals surface area contributed by atoms with Crippen molar-refractivity contribution in [3.05, 3.63) is 46.1 Å². The van der Waals surface area contributed by atoms with Gasteiger partial charge in [0.15, 0.2) is 0 Å². The van der Waals surface area contributed by atoms with Crippen LogP contribution >= 0.6 is 0 Å². The van der Waals surface area contributed by atoms with Crippen molar-refractivity contribution < 1.29 is 14.3 Å². The van der Waals surface area contributed by atoms with Crippen molar-refractivity contribution in [3.63, 3.8) is 0 Å². The summed E-state index contributed by atoms with van der Waals surface area (Å²) in [5.41, 5.74) is 0.960. The number of benzene rings is 1. The number of rotatable bonds is 3. The molecular formula is C25H28FN3O3. The molecule has 1 aliphatic heterocycles. The molecule has 3 heterocycles. The van der Waals surface area contributed by atoms with E-state index < -0.39 is 17.2 Å². The van der Waals surface area contributed by atoms with E-state index in [1.165, 1.54) is 12.3 Å². The van der Waals surface area contributed by atoms with Crippen molar-refractivity contribution in [1.29, 1.82) is 0 Å². The molecule has 1 saturated heterocycles. The molecule has 2 bridgehead atoms. The van der Waals surface area contributed by atoms with Crippen molar-refractivity contribution in [3.8, 4) is 0 Å². The Morgan fingerprint density at radius 3 is 2.72 bits per heavy atom. The van der Waals surface area contributed by atoms with Crippen molar-refractivity contribution in [1.82, 2.24) is 9.55 Å². The Kier molecular flexibility index (Phi) is 4.42. The molecule has 3 aromatic rings. The molecule has 2 aliphatic rings. The van der Waals surface area contributed by atoms with Crippen molar-refractivity contribution >= 4 is 33.5 Å². The lowest BCUT2D eigenvalue weighted by Crippen LogP contribution is -2.35. The van der Waals surface area contributed by atoms with Gasteiger partial charge in [0.1, 0.15) is 11.4 Å². The maximum absolute atomic E-state index is 15.6. The Labute approximate surface area is 185 Å². The molecule has 1 N–H and O–H groups in total. The van der Waals surface area contributed by atoms with Gasteiger partial charge in [0.2, 0.25) is 5.43 Å². The average molecular weight is 438 g/mol. The molecule has 0 amide bonds. The highest BCUT2D eigenvalue weighted by Crippen LogP contribution is 2.53. The van der Waals surface area contributed by atoms with Gasteiger partial charge in [-0.3, -0.25) is 9.78 Å². The number of pyridine rings is 2.